The maximum absolute atomic E-state index is 12.0. The van der Waals surface area contributed by atoms with Crippen LogP contribution in [0.25, 0.3) is 22.4 Å². The van der Waals surface area contributed by atoms with Crippen molar-refractivity contribution in [1.29, 1.82) is 0 Å². The number of hydrogen-bond donors (Lipinski definition) is 0. The van der Waals surface area contributed by atoms with Gasteiger partial charge in [0.05, 0.1) is 10.9 Å². The van der Waals surface area contributed by atoms with Crippen molar-refractivity contribution in [3.05, 3.63) is 57.9 Å². The second kappa shape index (κ2) is 6.22. The van der Waals surface area contributed by atoms with Crippen LogP contribution in [0.2, 0.25) is 5.02 Å². The van der Waals surface area contributed by atoms with Crippen LogP contribution in [0.1, 0.15) is 13.3 Å². The summed E-state index contributed by atoms with van der Waals surface area (Å²) in [6, 6.07) is 11.4. The Labute approximate surface area is 136 Å². The van der Waals surface area contributed by atoms with Crippen molar-refractivity contribution in [2.75, 3.05) is 0 Å². The van der Waals surface area contributed by atoms with Gasteiger partial charge in [-0.2, -0.15) is 0 Å². The van der Waals surface area contributed by atoms with Crippen molar-refractivity contribution in [1.82, 2.24) is 4.98 Å². The lowest BCUT2D eigenvalue weighted by molar-refractivity contribution is -0.134. The highest BCUT2D eigenvalue weighted by Crippen LogP contribution is 2.23. The molecule has 6 heteroatoms. The van der Waals surface area contributed by atoms with Gasteiger partial charge in [0, 0.05) is 17.0 Å². The van der Waals surface area contributed by atoms with Gasteiger partial charge < -0.3 is 9.15 Å². The fraction of sp³-hybridized carbons (Fsp3) is 0.118. The van der Waals surface area contributed by atoms with Crippen LogP contribution in [0.15, 0.2) is 51.7 Å². The molecule has 0 saturated heterocycles. The number of benzene rings is 2. The SMILES string of the molecule is CCC(=O)Oc1ccc(-c2nc3ccc(Cl)cc3c(=O)o2)cc1. The van der Waals surface area contributed by atoms with Gasteiger partial charge >= 0.3 is 11.6 Å². The molecule has 116 valence electrons. The molecule has 3 aromatic rings. The molecule has 0 atom stereocenters. The summed E-state index contributed by atoms with van der Waals surface area (Å²) in [4.78, 5) is 27.6. The van der Waals surface area contributed by atoms with Gasteiger partial charge in [0.1, 0.15) is 5.75 Å². The summed E-state index contributed by atoms with van der Waals surface area (Å²) in [5, 5.41) is 0.774. The first-order chi connectivity index (χ1) is 11.1. The van der Waals surface area contributed by atoms with Crippen LogP contribution in [0.5, 0.6) is 5.75 Å². The maximum atomic E-state index is 12.0. The number of nitrogens with zero attached hydrogens (tertiary/aromatic N) is 1. The van der Waals surface area contributed by atoms with E-state index in [-0.39, 0.29) is 11.9 Å². The quantitative estimate of drug-likeness (QED) is 0.539. The van der Waals surface area contributed by atoms with E-state index < -0.39 is 5.63 Å². The Hall–Kier alpha value is -2.66. The van der Waals surface area contributed by atoms with Crippen molar-refractivity contribution in [2.45, 2.75) is 13.3 Å². The molecule has 1 heterocycles. The molecule has 23 heavy (non-hydrogen) atoms. The van der Waals surface area contributed by atoms with Gasteiger partial charge in [-0.3, -0.25) is 4.79 Å². The van der Waals surface area contributed by atoms with E-state index in [1.165, 1.54) is 6.07 Å². The average Bonchev–Trinajstić information content (AvgIpc) is 2.56. The Morgan fingerprint density at radius 1 is 1.22 bits per heavy atom. The van der Waals surface area contributed by atoms with Crippen LogP contribution in [-0.2, 0) is 4.79 Å². The molecule has 0 bridgehead atoms. The van der Waals surface area contributed by atoms with E-state index in [0.717, 1.165) is 0 Å². The lowest BCUT2D eigenvalue weighted by Crippen LogP contribution is -2.05. The highest BCUT2D eigenvalue weighted by Gasteiger charge is 2.10. The first-order valence-corrected chi connectivity index (χ1v) is 7.36. The van der Waals surface area contributed by atoms with Gasteiger partial charge in [0.25, 0.3) is 0 Å². The minimum absolute atomic E-state index is 0.193. The minimum Gasteiger partial charge on any atom is -0.427 e. The molecule has 1 aromatic heterocycles. The molecule has 0 saturated carbocycles. The first-order valence-electron chi connectivity index (χ1n) is 6.98. The highest BCUT2D eigenvalue weighted by molar-refractivity contribution is 6.31. The molecular weight excluding hydrogens is 318 g/mol. The van der Waals surface area contributed by atoms with Gasteiger partial charge in [-0.15, -0.1) is 0 Å². The molecule has 0 spiro atoms. The normalized spacial score (nSPS) is 10.7. The molecule has 0 N–H and O–H groups in total. The minimum atomic E-state index is -0.506. The van der Waals surface area contributed by atoms with Crippen LogP contribution >= 0.6 is 11.6 Å². The van der Waals surface area contributed by atoms with E-state index in [0.29, 0.717) is 33.7 Å². The molecule has 0 aliphatic carbocycles. The Balaban J connectivity index is 1.98. The molecule has 5 nitrogen and oxygen atoms in total. The van der Waals surface area contributed by atoms with Gasteiger partial charge in [-0.25, -0.2) is 9.78 Å². The van der Waals surface area contributed by atoms with E-state index in [9.17, 15) is 9.59 Å². The second-order valence-corrected chi connectivity index (χ2v) is 5.26. The number of fused-ring (bicyclic) bond motifs is 1. The lowest BCUT2D eigenvalue weighted by Gasteiger charge is -2.04. The summed E-state index contributed by atoms with van der Waals surface area (Å²) in [5.74, 6) is 0.304. The number of hydrogen-bond acceptors (Lipinski definition) is 5. The summed E-state index contributed by atoms with van der Waals surface area (Å²) < 4.78 is 10.3. The van der Waals surface area contributed by atoms with Gasteiger partial charge in [0.2, 0.25) is 5.89 Å². The lowest BCUT2D eigenvalue weighted by atomic mass is 10.2. The smallest absolute Gasteiger partial charge is 0.347 e. The van der Waals surface area contributed by atoms with Crippen molar-refractivity contribution in [2.24, 2.45) is 0 Å². The number of esters is 1. The number of halogens is 1. The van der Waals surface area contributed by atoms with Crippen LogP contribution in [0.3, 0.4) is 0 Å². The Bertz CT molecular complexity index is 931. The van der Waals surface area contributed by atoms with E-state index in [2.05, 4.69) is 4.98 Å². The molecule has 0 radical (unpaired) electrons. The Morgan fingerprint density at radius 3 is 2.65 bits per heavy atom. The number of carbonyl (C=O) groups is 1. The van der Waals surface area contributed by atoms with Crippen molar-refractivity contribution >= 4 is 28.5 Å². The number of rotatable bonds is 3. The van der Waals surface area contributed by atoms with E-state index >= 15 is 0 Å². The fourth-order valence-electron chi connectivity index (χ4n) is 2.04. The summed E-state index contributed by atoms with van der Waals surface area (Å²) in [7, 11) is 0. The topological polar surface area (TPSA) is 69.4 Å². The van der Waals surface area contributed by atoms with E-state index in [1.807, 2.05) is 0 Å². The molecule has 0 aliphatic heterocycles. The average molecular weight is 330 g/mol. The summed E-state index contributed by atoms with van der Waals surface area (Å²) in [6.07, 6.45) is 0.297. The van der Waals surface area contributed by atoms with Gasteiger partial charge in [0.15, 0.2) is 0 Å². The molecule has 0 aliphatic rings. The van der Waals surface area contributed by atoms with Gasteiger partial charge in [-0.05, 0) is 42.5 Å². The summed E-state index contributed by atoms with van der Waals surface area (Å²) in [5.41, 5.74) is 0.603. The zero-order valence-corrected chi connectivity index (χ0v) is 13.0. The van der Waals surface area contributed by atoms with Crippen LogP contribution in [0, 0.1) is 0 Å². The molecular formula is C17H12ClNO4. The third kappa shape index (κ3) is 3.24. The van der Waals surface area contributed by atoms with Crippen LogP contribution in [0.4, 0.5) is 0 Å². The molecule has 0 unspecified atom stereocenters. The Morgan fingerprint density at radius 2 is 1.96 bits per heavy atom. The summed E-state index contributed by atoms with van der Waals surface area (Å²) in [6.45, 7) is 1.72. The van der Waals surface area contributed by atoms with Gasteiger partial charge in [-0.1, -0.05) is 18.5 Å². The van der Waals surface area contributed by atoms with Crippen molar-refractivity contribution in [3.63, 3.8) is 0 Å². The zero-order chi connectivity index (χ0) is 16.4. The number of ether oxygens (including phenoxy) is 1. The Kier molecular flexibility index (Phi) is 4.12. The van der Waals surface area contributed by atoms with Crippen molar-refractivity contribution in [3.8, 4) is 17.2 Å². The molecule has 0 fully saturated rings. The van der Waals surface area contributed by atoms with E-state index in [1.54, 1.807) is 43.3 Å². The van der Waals surface area contributed by atoms with Crippen LogP contribution < -0.4 is 10.4 Å². The monoisotopic (exact) mass is 329 g/mol. The zero-order valence-electron chi connectivity index (χ0n) is 12.2. The predicted octanol–water partition coefficient (Wildman–Crippen LogP) is 3.82. The third-order valence-electron chi connectivity index (χ3n) is 3.21. The molecule has 2 aromatic carbocycles. The van der Waals surface area contributed by atoms with Crippen LogP contribution in [-0.4, -0.2) is 11.0 Å². The van der Waals surface area contributed by atoms with E-state index in [4.69, 9.17) is 20.8 Å². The third-order valence-corrected chi connectivity index (χ3v) is 3.45. The largest absolute Gasteiger partial charge is 0.427 e. The van der Waals surface area contributed by atoms with Crippen molar-refractivity contribution < 1.29 is 13.9 Å². The predicted molar refractivity (Wildman–Crippen MR) is 86.7 cm³/mol. The second-order valence-electron chi connectivity index (χ2n) is 4.82. The maximum Gasteiger partial charge on any atom is 0.347 e. The highest BCUT2D eigenvalue weighted by atomic mass is 35.5. The number of aromatic nitrogens is 1. The fourth-order valence-corrected chi connectivity index (χ4v) is 2.21. The molecule has 0 amide bonds. The first kappa shape index (κ1) is 15.2. The summed E-state index contributed by atoms with van der Waals surface area (Å²) >= 11 is 5.87. The number of carbonyl (C=O) groups excluding carboxylic acids is 1. The molecule has 3 rings (SSSR count). The standard InChI is InChI=1S/C17H12ClNO4/c1-2-15(20)22-12-6-3-10(4-7-12)16-19-14-8-5-11(18)9-13(14)17(21)23-16/h3-9H,2H2,1H3.